The summed E-state index contributed by atoms with van der Waals surface area (Å²) < 4.78 is 17.5. The van der Waals surface area contributed by atoms with Gasteiger partial charge in [-0.2, -0.15) is 0 Å². The van der Waals surface area contributed by atoms with Crippen molar-refractivity contribution in [1.82, 2.24) is 0 Å². The summed E-state index contributed by atoms with van der Waals surface area (Å²) in [5.41, 5.74) is 1.02. The molecule has 0 bridgehead atoms. The maximum Gasteiger partial charge on any atom is 0.183 e. The van der Waals surface area contributed by atoms with Crippen LogP contribution in [0.1, 0.15) is 25.2 Å². The molecule has 0 amide bonds. The third-order valence-corrected chi connectivity index (χ3v) is 2.97. The van der Waals surface area contributed by atoms with Crippen molar-refractivity contribution < 1.29 is 14.2 Å². The van der Waals surface area contributed by atoms with E-state index >= 15 is 0 Å². The molecule has 4 heteroatoms. The first-order chi connectivity index (χ1) is 7.81. The van der Waals surface area contributed by atoms with Crippen molar-refractivity contribution in [2.45, 2.75) is 19.6 Å². The maximum atomic E-state index is 5.53. The molecule has 1 aliphatic rings. The van der Waals surface area contributed by atoms with Gasteiger partial charge in [0, 0.05) is 5.56 Å². The predicted molar refractivity (Wildman–Crippen MR) is 64.6 cm³/mol. The first-order valence-corrected chi connectivity index (χ1v) is 6.26. The van der Waals surface area contributed by atoms with Crippen LogP contribution < -0.4 is 4.74 Å². The van der Waals surface area contributed by atoms with Gasteiger partial charge >= 0.3 is 0 Å². The molecule has 0 spiro atoms. The molecule has 0 saturated carbocycles. The van der Waals surface area contributed by atoms with Crippen LogP contribution in [0.2, 0.25) is 0 Å². The Morgan fingerprint density at radius 3 is 2.75 bits per heavy atom. The van der Waals surface area contributed by atoms with Gasteiger partial charge in [0.05, 0.1) is 24.3 Å². The number of hydrogen-bond donors (Lipinski definition) is 0. The minimum atomic E-state index is -0.235. The summed E-state index contributed by atoms with van der Waals surface area (Å²) in [7, 11) is 0. The van der Waals surface area contributed by atoms with Crippen LogP contribution in [0.4, 0.5) is 0 Å². The second-order valence-corrected chi connectivity index (χ2v) is 4.40. The predicted octanol–water partition coefficient (Wildman–Crippen LogP) is 3.28. The Kier molecular flexibility index (Phi) is 4.21. The highest BCUT2D eigenvalue weighted by Gasteiger charge is 2.17. The third kappa shape index (κ3) is 2.75. The molecular formula is C12H15BrO3. The van der Waals surface area contributed by atoms with Gasteiger partial charge < -0.3 is 14.2 Å². The average molecular weight is 287 g/mol. The Morgan fingerprint density at radius 2 is 2.12 bits per heavy atom. The number of halogens is 1. The second-order valence-electron chi connectivity index (χ2n) is 3.55. The lowest BCUT2D eigenvalue weighted by Crippen LogP contribution is -2.17. The Morgan fingerprint density at radius 1 is 1.38 bits per heavy atom. The summed E-state index contributed by atoms with van der Waals surface area (Å²) in [5.74, 6) is 0.849. The van der Waals surface area contributed by atoms with Gasteiger partial charge in [-0.05, 0) is 41.4 Å². The zero-order chi connectivity index (χ0) is 11.4. The number of ether oxygens (including phenoxy) is 3. The van der Waals surface area contributed by atoms with E-state index in [1.165, 1.54) is 0 Å². The molecule has 1 heterocycles. The summed E-state index contributed by atoms with van der Waals surface area (Å²) in [6.45, 7) is 4.15. The van der Waals surface area contributed by atoms with Crippen molar-refractivity contribution in [2.24, 2.45) is 0 Å². The second kappa shape index (κ2) is 5.66. The molecule has 1 saturated heterocycles. The van der Waals surface area contributed by atoms with Crippen LogP contribution in [0, 0.1) is 0 Å². The molecule has 3 nitrogen and oxygen atoms in total. The molecule has 0 N–H and O–H groups in total. The highest BCUT2D eigenvalue weighted by Crippen LogP contribution is 2.31. The van der Waals surface area contributed by atoms with E-state index in [9.17, 15) is 0 Å². The van der Waals surface area contributed by atoms with Crippen molar-refractivity contribution in [1.29, 1.82) is 0 Å². The van der Waals surface area contributed by atoms with Gasteiger partial charge in [0.2, 0.25) is 0 Å². The van der Waals surface area contributed by atoms with Gasteiger partial charge in [0.1, 0.15) is 5.75 Å². The highest BCUT2D eigenvalue weighted by atomic mass is 79.9. The fourth-order valence-corrected chi connectivity index (χ4v) is 2.13. The normalized spacial score (nSPS) is 17.4. The zero-order valence-corrected chi connectivity index (χ0v) is 10.8. The fourth-order valence-electron chi connectivity index (χ4n) is 1.62. The molecule has 0 radical (unpaired) electrons. The molecule has 1 aromatic rings. The quantitative estimate of drug-likeness (QED) is 0.854. The van der Waals surface area contributed by atoms with Crippen molar-refractivity contribution >= 4 is 15.9 Å². The van der Waals surface area contributed by atoms with Crippen molar-refractivity contribution in [2.75, 3.05) is 19.8 Å². The van der Waals surface area contributed by atoms with Crippen LogP contribution in [0.5, 0.6) is 5.75 Å². The van der Waals surface area contributed by atoms with E-state index in [0.717, 1.165) is 35.4 Å². The molecule has 1 aromatic carbocycles. The van der Waals surface area contributed by atoms with Gasteiger partial charge in [-0.25, -0.2) is 0 Å². The fraction of sp³-hybridized carbons (Fsp3) is 0.500. The van der Waals surface area contributed by atoms with Crippen LogP contribution in [-0.2, 0) is 9.47 Å². The van der Waals surface area contributed by atoms with Gasteiger partial charge in [0.25, 0.3) is 0 Å². The minimum Gasteiger partial charge on any atom is -0.493 e. The van der Waals surface area contributed by atoms with E-state index in [-0.39, 0.29) is 6.29 Å². The number of hydrogen-bond acceptors (Lipinski definition) is 3. The van der Waals surface area contributed by atoms with Gasteiger partial charge in [-0.15, -0.1) is 0 Å². The minimum absolute atomic E-state index is 0.235. The van der Waals surface area contributed by atoms with E-state index in [0.29, 0.717) is 6.61 Å². The lowest BCUT2D eigenvalue weighted by Gasteiger charge is -2.23. The van der Waals surface area contributed by atoms with E-state index in [4.69, 9.17) is 14.2 Å². The van der Waals surface area contributed by atoms with Crippen LogP contribution in [0.25, 0.3) is 0 Å². The maximum absolute atomic E-state index is 5.53. The van der Waals surface area contributed by atoms with Crippen molar-refractivity contribution in [3.8, 4) is 5.75 Å². The lowest BCUT2D eigenvalue weighted by molar-refractivity contribution is -0.183. The summed E-state index contributed by atoms with van der Waals surface area (Å²) in [5, 5.41) is 0. The molecule has 0 unspecified atom stereocenters. The van der Waals surface area contributed by atoms with E-state index in [1.54, 1.807) is 0 Å². The molecule has 1 fully saturated rings. The zero-order valence-electron chi connectivity index (χ0n) is 9.24. The SMILES string of the molecule is CCOc1ccc(C2OCCCO2)cc1Br. The Labute approximate surface area is 104 Å². The molecule has 0 aliphatic carbocycles. The largest absolute Gasteiger partial charge is 0.493 e. The van der Waals surface area contributed by atoms with Crippen LogP contribution >= 0.6 is 15.9 Å². The molecular weight excluding hydrogens is 272 g/mol. The first kappa shape index (κ1) is 11.9. The monoisotopic (exact) mass is 286 g/mol. The van der Waals surface area contributed by atoms with Crippen LogP contribution in [0.15, 0.2) is 22.7 Å². The summed E-state index contributed by atoms with van der Waals surface area (Å²) in [6.07, 6.45) is 0.732. The van der Waals surface area contributed by atoms with Gasteiger partial charge in [0.15, 0.2) is 6.29 Å². The first-order valence-electron chi connectivity index (χ1n) is 5.46. The summed E-state index contributed by atoms with van der Waals surface area (Å²) in [6, 6.07) is 5.90. The molecule has 88 valence electrons. The Hall–Kier alpha value is -0.580. The molecule has 0 aromatic heterocycles. The van der Waals surface area contributed by atoms with E-state index in [1.807, 2.05) is 25.1 Å². The lowest BCUT2D eigenvalue weighted by atomic mass is 10.2. The Balaban J connectivity index is 2.13. The third-order valence-electron chi connectivity index (χ3n) is 2.36. The Bertz CT molecular complexity index is 348. The smallest absolute Gasteiger partial charge is 0.183 e. The highest BCUT2D eigenvalue weighted by molar-refractivity contribution is 9.10. The summed E-state index contributed by atoms with van der Waals surface area (Å²) in [4.78, 5) is 0. The van der Waals surface area contributed by atoms with E-state index < -0.39 is 0 Å². The standard InChI is InChI=1S/C12H15BrO3/c1-2-14-11-5-4-9(8-10(11)13)12-15-6-3-7-16-12/h4-5,8,12H,2-3,6-7H2,1H3. The van der Waals surface area contributed by atoms with Crippen molar-refractivity contribution in [3.63, 3.8) is 0 Å². The van der Waals surface area contributed by atoms with Crippen molar-refractivity contribution in [3.05, 3.63) is 28.2 Å². The molecule has 0 atom stereocenters. The van der Waals surface area contributed by atoms with Crippen LogP contribution in [0.3, 0.4) is 0 Å². The summed E-state index contributed by atoms with van der Waals surface area (Å²) >= 11 is 3.48. The van der Waals surface area contributed by atoms with Gasteiger partial charge in [-0.1, -0.05) is 6.07 Å². The molecule has 2 rings (SSSR count). The molecule has 1 aliphatic heterocycles. The van der Waals surface area contributed by atoms with E-state index in [2.05, 4.69) is 15.9 Å². The number of rotatable bonds is 3. The molecule has 16 heavy (non-hydrogen) atoms. The topological polar surface area (TPSA) is 27.7 Å². The van der Waals surface area contributed by atoms with Crippen LogP contribution in [-0.4, -0.2) is 19.8 Å². The van der Waals surface area contributed by atoms with Gasteiger partial charge in [-0.3, -0.25) is 0 Å². The number of benzene rings is 1. The average Bonchev–Trinajstić information content (AvgIpc) is 2.33.